The Balaban J connectivity index is 1.92. The van der Waals surface area contributed by atoms with Gasteiger partial charge >= 0.3 is 0 Å². The highest BCUT2D eigenvalue weighted by Gasteiger charge is 2.23. The third kappa shape index (κ3) is 4.72. The van der Waals surface area contributed by atoms with Crippen LogP contribution in [0.3, 0.4) is 0 Å². The van der Waals surface area contributed by atoms with Crippen LogP contribution in [0.25, 0.3) is 0 Å². The van der Waals surface area contributed by atoms with Gasteiger partial charge in [0, 0.05) is 10.9 Å². The molecule has 108 valence electrons. The van der Waals surface area contributed by atoms with Gasteiger partial charge in [-0.25, -0.2) is 13.1 Å². The Bertz CT molecular complexity index is 510. The van der Waals surface area contributed by atoms with Gasteiger partial charge in [-0.15, -0.1) is 11.3 Å². The summed E-state index contributed by atoms with van der Waals surface area (Å²) in [4.78, 5) is 0.935. The Morgan fingerprint density at radius 3 is 2.89 bits per heavy atom. The van der Waals surface area contributed by atoms with E-state index in [1.165, 1.54) is 11.3 Å². The molecule has 0 radical (unpaired) electrons. The number of hydrogen-bond acceptors (Lipinski definition) is 4. The van der Waals surface area contributed by atoms with E-state index < -0.39 is 10.0 Å². The first-order valence-electron chi connectivity index (χ1n) is 6.45. The third-order valence-electron chi connectivity index (χ3n) is 3.21. The van der Waals surface area contributed by atoms with Crippen molar-refractivity contribution in [2.24, 2.45) is 0 Å². The van der Waals surface area contributed by atoms with Crippen molar-refractivity contribution < 1.29 is 8.42 Å². The minimum atomic E-state index is -3.27. The van der Waals surface area contributed by atoms with Crippen LogP contribution in [0.1, 0.15) is 37.1 Å². The molecule has 2 atom stereocenters. The summed E-state index contributed by atoms with van der Waals surface area (Å²) in [5.74, 6) is 0.149. The van der Waals surface area contributed by atoms with E-state index in [1.54, 1.807) is 6.07 Å². The van der Waals surface area contributed by atoms with Crippen LogP contribution in [0, 0.1) is 0 Å². The van der Waals surface area contributed by atoms with Crippen LogP contribution in [-0.2, 0) is 10.0 Å². The van der Waals surface area contributed by atoms with Crippen LogP contribution in [0.4, 0.5) is 0 Å². The van der Waals surface area contributed by atoms with Crippen LogP contribution < -0.4 is 10.0 Å². The normalized spacial score (nSPS) is 22.3. The van der Waals surface area contributed by atoms with E-state index in [4.69, 9.17) is 11.6 Å². The van der Waals surface area contributed by atoms with Crippen LogP contribution in [0.15, 0.2) is 12.1 Å². The van der Waals surface area contributed by atoms with Gasteiger partial charge in [0.25, 0.3) is 0 Å². The molecule has 2 heterocycles. The van der Waals surface area contributed by atoms with Crippen molar-refractivity contribution in [2.75, 3.05) is 12.3 Å². The maximum Gasteiger partial charge on any atom is 0.213 e. The summed E-state index contributed by atoms with van der Waals surface area (Å²) in [5, 5.41) is 3.25. The van der Waals surface area contributed by atoms with Gasteiger partial charge in [-0.3, -0.25) is 0 Å². The Labute approximate surface area is 123 Å². The number of piperidine rings is 1. The quantitative estimate of drug-likeness (QED) is 0.875. The zero-order valence-electron chi connectivity index (χ0n) is 10.9. The Morgan fingerprint density at radius 1 is 1.53 bits per heavy atom. The van der Waals surface area contributed by atoms with E-state index in [0.29, 0.717) is 4.34 Å². The first-order chi connectivity index (χ1) is 8.96. The summed E-state index contributed by atoms with van der Waals surface area (Å²) >= 11 is 7.27. The second-order valence-electron chi connectivity index (χ2n) is 4.91. The van der Waals surface area contributed by atoms with Gasteiger partial charge < -0.3 is 5.32 Å². The summed E-state index contributed by atoms with van der Waals surface area (Å²) in [7, 11) is -3.27. The number of sulfonamides is 1. The maximum absolute atomic E-state index is 12.1. The maximum atomic E-state index is 12.1. The van der Waals surface area contributed by atoms with E-state index in [9.17, 15) is 8.42 Å². The summed E-state index contributed by atoms with van der Waals surface area (Å²) in [6, 6.07) is 3.49. The van der Waals surface area contributed by atoms with E-state index in [1.807, 2.05) is 13.0 Å². The number of nitrogens with one attached hydrogen (secondary N) is 2. The predicted octanol–water partition coefficient (Wildman–Crippen LogP) is 2.52. The highest BCUT2D eigenvalue weighted by atomic mass is 35.5. The Hall–Kier alpha value is -0.140. The average Bonchev–Trinajstić information content (AvgIpc) is 2.76. The van der Waals surface area contributed by atoms with Crippen molar-refractivity contribution in [3.05, 3.63) is 21.3 Å². The highest BCUT2D eigenvalue weighted by Crippen LogP contribution is 2.27. The molecule has 2 unspecified atom stereocenters. The molecule has 0 bridgehead atoms. The predicted molar refractivity (Wildman–Crippen MR) is 80.3 cm³/mol. The minimum absolute atomic E-state index is 0.0744. The second-order valence-corrected chi connectivity index (χ2v) is 8.45. The molecule has 1 aliphatic heterocycles. The molecule has 1 aromatic heterocycles. The molecule has 1 aliphatic rings. The number of halogens is 1. The van der Waals surface area contributed by atoms with Crippen molar-refractivity contribution in [1.82, 2.24) is 10.0 Å². The minimum Gasteiger partial charge on any atom is -0.313 e. The summed E-state index contributed by atoms with van der Waals surface area (Å²) in [6.07, 6.45) is 3.16. The lowest BCUT2D eigenvalue weighted by Gasteiger charge is -2.24. The zero-order chi connectivity index (χ0) is 13.9. The SMILES string of the molecule is CC(NS(=O)(=O)CC1CCCCN1)c1ccc(Cl)s1. The van der Waals surface area contributed by atoms with Crippen molar-refractivity contribution in [3.8, 4) is 0 Å². The summed E-state index contributed by atoms with van der Waals surface area (Å²) < 4.78 is 27.6. The van der Waals surface area contributed by atoms with Gasteiger partial charge in [-0.1, -0.05) is 18.0 Å². The molecule has 0 saturated carbocycles. The molecular formula is C12H19ClN2O2S2. The highest BCUT2D eigenvalue weighted by molar-refractivity contribution is 7.89. The van der Waals surface area contributed by atoms with E-state index in [-0.39, 0.29) is 17.8 Å². The fourth-order valence-corrected chi connectivity index (χ4v) is 4.98. The third-order valence-corrected chi connectivity index (χ3v) is 6.18. The molecule has 19 heavy (non-hydrogen) atoms. The Morgan fingerprint density at radius 2 is 2.32 bits per heavy atom. The van der Waals surface area contributed by atoms with Crippen molar-refractivity contribution in [2.45, 2.75) is 38.3 Å². The van der Waals surface area contributed by atoms with Crippen molar-refractivity contribution in [3.63, 3.8) is 0 Å². The lowest BCUT2D eigenvalue weighted by molar-refractivity contribution is 0.421. The molecular weight excluding hydrogens is 304 g/mol. The van der Waals surface area contributed by atoms with Crippen LogP contribution >= 0.6 is 22.9 Å². The smallest absolute Gasteiger partial charge is 0.213 e. The van der Waals surface area contributed by atoms with Gasteiger partial charge in [-0.05, 0) is 38.4 Å². The van der Waals surface area contributed by atoms with Crippen molar-refractivity contribution in [1.29, 1.82) is 0 Å². The van der Waals surface area contributed by atoms with E-state index >= 15 is 0 Å². The molecule has 7 heteroatoms. The lowest BCUT2D eigenvalue weighted by atomic mass is 10.1. The molecule has 1 aromatic rings. The van der Waals surface area contributed by atoms with Crippen LogP contribution in [0.2, 0.25) is 4.34 Å². The van der Waals surface area contributed by atoms with Crippen LogP contribution in [-0.4, -0.2) is 26.8 Å². The van der Waals surface area contributed by atoms with Gasteiger partial charge in [-0.2, -0.15) is 0 Å². The Kier molecular flexibility index (Phi) is 5.25. The number of hydrogen-bond donors (Lipinski definition) is 2. The molecule has 2 rings (SSSR count). The first-order valence-corrected chi connectivity index (χ1v) is 9.29. The molecule has 4 nitrogen and oxygen atoms in total. The summed E-state index contributed by atoms with van der Waals surface area (Å²) in [5.41, 5.74) is 0. The lowest BCUT2D eigenvalue weighted by Crippen LogP contribution is -2.43. The zero-order valence-corrected chi connectivity index (χ0v) is 13.2. The molecule has 0 spiro atoms. The first kappa shape index (κ1) is 15.3. The molecule has 1 saturated heterocycles. The molecule has 0 aromatic carbocycles. The van der Waals surface area contributed by atoms with Gasteiger partial charge in [0.1, 0.15) is 0 Å². The van der Waals surface area contributed by atoms with Crippen LogP contribution in [0.5, 0.6) is 0 Å². The van der Waals surface area contributed by atoms with Crippen molar-refractivity contribution >= 4 is 33.0 Å². The van der Waals surface area contributed by atoms with Gasteiger partial charge in [0.15, 0.2) is 0 Å². The molecule has 0 amide bonds. The molecule has 0 aliphatic carbocycles. The standard InChI is InChI=1S/C12H19ClN2O2S2/c1-9(11-5-6-12(13)18-11)15-19(16,17)8-10-4-2-3-7-14-10/h5-6,9-10,14-15H,2-4,7-8H2,1H3. The second kappa shape index (κ2) is 6.54. The van der Waals surface area contributed by atoms with Gasteiger partial charge in [0.2, 0.25) is 10.0 Å². The fourth-order valence-electron chi connectivity index (χ4n) is 2.27. The fraction of sp³-hybridized carbons (Fsp3) is 0.667. The van der Waals surface area contributed by atoms with E-state index in [0.717, 1.165) is 30.7 Å². The number of rotatable bonds is 5. The molecule has 2 N–H and O–H groups in total. The van der Waals surface area contributed by atoms with Gasteiger partial charge in [0.05, 0.1) is 16.1 Å². The topological polar surface area (TPSA) is 58.2 Å². The largest absolute Gasteiger partial charge is 0.313 e. The van der Waals surface area contributed by atoms with E-state index in [2.05, 4.69) is 10.0 Å². The number of thiophene rings is 1. The molecule has 1 fully saturated rings. The summed E-state index contributed by atoms with van der Waals surface area (Å²) in [6.45, 7) is 2.75. The monoisotopic (exact) mass is 322 g/mol. The average molecular weight is 323 g/mol.